The van der Waals surface area contributed by atoms with Crippen molar-refractivity contribution in [2.75, 3.05) is 20.8 Å². The van der Waals surface area contributed by atoms with E-state index in [2.05, 4.69) is 0 Å². The first-order chi connectivity index (χ1) is 16.2. The highest BCUT2D eigenvalue weighted by Crippen LogP contribution is 2.51. The van der Waals surface area contributed by atoms with Gasteiger partial charge in [0.25, 0.3) is 0 Å². The van der Waals surface area contributed by atoms with E-state index in [1.807, 2.05) is 0 Å². The van der Waals surface area contributed by atoms with Crippen LogP contribution in [-0.2, 0) is 16.0 Å². The molecule has 1 aliphatic heterocycles. The summed E-state index contributed by atoms with van der Waals surface area (Å²) < 4.78 is 28.0. The summed E-state index contributed by atoms with van der Waals surface area (Å²) in [5.74, 6) is -0.710. The smallest absolute Gasteiger partial charge is 0.321 e. The Labute approximate surface area is 201 Å². The van der Waals surface area contributed by atoms with E-state index in [9.17, 15) is 14.4 Å². The molecule has 10 heteroatoms. The maximum atomic E-state index is 13.0. The largest absolute Gasteiger partial charge is 0.490 e. The SMILES string of the molecule is COc1c(OC(C)=O)c(C)c2c(c1OC)OC(COc1ccc(CC(Cl)C(=O)O)cc1)CC2=O. The summed E-state index contributed by atoms with van der Waals surface area (Å²) >= 11 is 5.78. The first-order valence-electron chi connectivity index (χ1n) is 10.4. The predicted octanol–water partition coefficient (Wildman–Crippen LogP) is 3.58. The van der Waals surface area contributed by atoms with E-state index in [-0.39, 0.29) is 53.8 Å². The molecule has 0 aliphatic carbocycles. The Morgan fingerprint density at radius 1 is 1.15 bits per heavy atom. The number of hydrogen-bond donors (Lipinski definition) is 1. The van der Waals surface area contributed by atoms with Crippen LogP contribution >= 0.6 is 11.6 Å². The number of aliphatic carboxylic acids is 1. The summed E-state index contributed by atoms with van der Waals surface area (Å²) in [5, 5.41) is 7.91. The second-order valence-corrected chi connectivity index (χ2v) is 8.18. The van der Waals surface area contributed by atoms with Crippen molar-refractivity contribution in [3.05, 3.63) is 41.0 Å². The summed E-state index contributed by atoms with van der Waals surface area (Å²) in [6, 6.07) is 6.84. The number of ketones is 1. The molecule has 0 amide bonds. The molecule has 34 heavy (non-hydrogen) atoms. The van der Waals surface area contributed by atoms with E-state index >= 15 is 0 Å². The topological polar surface area (TPSA) is 118 Å². The number of alkyl halides is 1. The van der Waals surface area contributed by atoms with Gasteiger partial charge in [0.05, 0.1) is 26.2 Å². The van der Waals surface area contributed by atoms with Crippen molar-refractivity contribution in [3.8, 4) is 28.7 Å². The molecule has 2 unspecified atom stereocenters. The average Bonchev–Trinajstić information content (AvgIpc) is 2.79. The molecule has 0 spiro atoms. The van der Waals surface area contributed by atoms with Crippen molar-refractivity contribution in [3.63, 3.8) is 0 Å². The van der Waals surface area contributed by atoms with Crippen molar-refractivity contribution in [1.82, 2.24) is 0 Å². The van der Waals surface area contributed by atoms with E-state index in [1.165, 1.54) is 21.1 Å². The normalized spacial score (nSPS) is 15.6. The van der Waals surface area contributed by atoms with Gasteiger partial charge in [-0.05, 0) is 31.0 Å². The van der Waals surface area contributed by atoms with Crippen LogP contribution < -0.4 is 23.7 Å². The highest BCUT2D eigenvalue weighted by molar-refractivity contribution is 6.29. The van der Waals surface area contributed by atoms with Gasteiger partial charge in [-0.2, -0.15) is 0 Å². The van der Waals surface area contributed by atoms with Crippen LogP contribution in [-0.4, -0.2) is 55.1 Å². The number of esters is 1. The Hall–Kier alpha value is -3.46. The van der Waals surface area contributed by atoms with Crippen molar-refractivity contribution in [2.24, 2.45) is 0 Å². The molecule has 1 aliphatic rings. The van der Waals surface area contributed by atoms with Gasteiger partial charge in [0.2, 0.25) is 11.5 Å². The van der Waals surface area contributed by atoms with Gasteiger partial charge >= 0.3 is 11.9 Å². The first kappa shape index (κ1) is 25.2. The molecule has 0 bridgehead atoms. The summed E-state index contributed by atoms with van der Waals surface area (Å²) in [4.78, 5) is 35.5. The lowest BCUT2D eigenvalue weighted by atomic mass is 9.94. The van der Waals surface area contributed by atoms with Crippen LogP contribution in [0.4, 0.5) is 0 Å². The van der Waals surface area contributed by atoms with Gasteiger partial charge in [0, 0.05) is 12.5 Å². The number of rotatable bonds is 9. The van der Waals surface area contributed by atoms with Crippen molar-refractivity contribution >= 4 is 29.3 Å². The molecule has 3 rings (SSSR count). The fourth-order valence-corrected chi connectivity index (χ4v) is 3.85. The number of benzene rings is 2. The van der Waals surface area contributed by atoms with Crippen molar-refractivity contribution in [2.45, 2.75) is 38.2 Å². The lowest BCUT2D eigenvalue weighted by molar-refractivity contribution is -0.136. The number of carboxylic acids is 1. The minimum absolute atomic E-state index is 0.0491. The van der Waals surface area contributed by atoms with Gasteiger partial charge in [-0.3, -0.25) is 14.4 Å². The third-order valence-electron chi connectivity index (χ3n) is 5.23. The fourth-order valence-electron chi connectivity index (χ4n) is 3.67. The first-order valence-corrected chi connectivity index (χ1v) is 10.8. The monoisotopic (exact) mass is 492 g/mol. The Kier molecular flexibility index (Phi) is 7.88. The number of carboxylic acid groups (broad SMARTS) is 1. The fraction of sp³-hybridized carbons (Fsp3) is 0.375. The highest BCUT2D eigenvalue weighted by Gasteiger charge is 2.36. The maximum absolute atomic E-state index is 13.0. The predicted molar refractivity (Wildman–Crippen MR) is 122 cm³/mol. The van der Waals surface area contributed by atoms with Gasteiger partial charge < -0.3 is 28.8 Å². The van der Waals surface area contributed by atoms with Crippen molar-refractivity contribution in [1.29, 1.82) is 0 Å². The van der Waals surface area contributed by atoms with Crippen LogP contribution in [0.25, 0.3) is 0 Å². The molecular formula is C24H25ClO9. The number of methoxy groups -OCH3 is 2. The zero-order valence-corrected chi connectivity index (χ0v) is 19.9. The highest BCUT2D eigenvalue weighted by atomic mass is 35.5. The molecule has 0 fully saturated rings. The third kappa shape index (κ3) is 5.36. The van der Waals surface area contributed by atoms with E-state index in [0.29, 0.717) is 11.3 Å². The molecule has 9 nitrogen and oxygen atoms in total. The summed E-state index contributed by atoms with van der Waals surface area (Å²) in [6.45, 7) is 2.98. The Bertz CT molecular complexity index is 1090. The Morgan fingerprint density at radius 3 is 2.35 bits per heavy atom. The molecule has 2 aromatic rings. The van der Waals surface area contributed by atoms with Crippen LogP contribution in [0.15, 0.2) is 24.3 Å². The van der Waals surface area contributed by atoms with E-state index < -0.39 is 23.4 Å². The second kappa shape index (κ2) is 10.6. The van der Waals surface area contributed by atoms with E-state index in [1.54, 1.807) is 31.2 Å². The molecule has 0 saturated heterocycles. The van der Waals surface area contributed by atoms with Gasteiger partial charge in [-0.25, -0.2) is 0 Å². The zero-order valence-electron chi connectivity index (χ0n) is 19.2. The molecule has 0 saturated carbocycles. The second-order valence-electron chi connectivity index (χ2n) is 7.65. The number of carbonyl (C=O) groups is 3. The van der Waals surface area contributed by atoms with Crippen LogP contribution in [0, 0.1) is 6.92 Å². The van der Waals surface area contributed by atoms with Crippen LogP contribution in [0.5, 0.6) is 28.7 Å². The van der Waals surface area contributed by atoms with E-state index in [0.717, 1.165) is 5.56 Å². The van der Waals surface area contributed by atoms with Gasteiger partial charge in [-0.1, -0.05) is 12.1 Å². The maximum Gasteiger partial charge on any atom is 0.321 e. The number of Topliss-reactive ketones (excluding diaryl/α,β-unsaturated/α-hetero) is 1. The minimum Gasteiger partial charge on any atom is -0.490 e. The lowest BCUT2D eigenvalue weighted by Gasteiger charge is -2.29. The number of halogens is 1. The lowest BCUT2D eigenvalue weighted by Crippen LogP contribution is -2.33. The quantitative estimate of drug-likeness (QED) is 0.318. The van der Waals surface area contributed by atoms with E-state index in [4.69, 9.17) is 40.4 Å². The number of carbonyl (C=O) groups excluding carboxylic acids is 2. The molecule has 1 heterocycles. The molecule has 0 aromatic heterocycles. The standard InChI is InChI=1S/C24H25ClO9/c1-12-19-18(27)10-16(11-32-15-7-5-14(6-8-15)9-17(25)24(28)29)34-21(19)23(31-4)22(30-3)20(12)33-13(2)26/h5-8,16-17H,9-11H2,1-4H3,(H,28,29). The van der Waals surface area contributed by atoms with Gasteiger partial charge in [0.1, 0.15) is 23.8 Å². The van der Waals surface area contributed by atoms with Gasteiger partial charge in [0.15, 0.2) is 17.3 Å². The average molecular weight is 493 g/mol. The van der Waals surface area contributed by atoms with Crippen LogP contribution in [0.2, 0.25) is 0 Å². The minimum atomic E-state index is -1.08. The zero-order chi connectivity index (χ0) is 25.0. The van der Waals surface area contributed by atoms with Crippen LogP contribution in [0.1, 0.15) is 34.8 Å². The van der Waals surface area contributed by atoms with Gasteiger partial charge in [-0.15, -0.1) is 11.6 Å². The number of hydrogen-bond acceptors (Lipinski definition) is 8. The molecular weight excluding hydrogens is 468 g/mol. The molecule has 0 radical (unpaired) electrons. The third-order valence-corrected chi connectivity index (χ3v) is 5.57. The molecule has 2 aromatic carbocycles. The molecule has 1 N–H and O–H groups in total. The van der Waals surface area contributed by atoms with Crippen LogP contribution in [0.3, 0.4) is 0 Å². The molecule has 182 valence electrons. The number of fused-ring (bicyclic) bond motifs is 1. The number of ether oxygens (including phenoxy) is 5. The van der Waals surface area contributed by atoms with Crippen molar-refractivity contribution < 1.29 is 43.2 Å². The summed E-state index contributed by atoms with van der Waals surface area (Å²) in [7, 11) is 2.80. The Morgan fingerprint density at radius 2 is 1.79 bits per heavy atom. The summed E-state index contributed by atoms with van der Waals surface area (Å²) in [6.07, 6.45) is -0.366. The molecule has 2 atom stereocenters. The summed E-state index contributed by atoms with van der Waals surface area (Å²) in [5.41, 5.74) is 1.44. The Balaban J connectivity index is 1.78.